The molecule has 2 fully saturated rings. The molecule has 1 saturated heterocycles. The molecule has 1 atom stereocenters. The highest BCUT2D eigenvalue weighted by Crippen LogP contribution is 2.36. The van der Waals surface area contributed by atoms with Gasteiger partial charge in [0.2, 0.25) is 0 Å². The highest BCUT2D eigenvalue weighted by atomic mass is 16.5. The van der Waals surface area contributed by atoms with Gasteiger partial charge in [0, 0.05) is 25.3 Å². The average Bonchev–Trinajstić information content (AvgIpc) is 3.36. The number of nitrogens with zero attached hydrogens (tertiary/aromatic N) is 4. The van der Waals surface area contributed by atoms with Crippen molar-refractivity contribution >= 4 is 23.0 Å². The second-order valence-electron chi connectivity index (χ2n) is 8.21. The molecule has 30 heavy (non-hydrogen) atoms. The van der Waals surface area contributed by atoms with Gasteiger partial charge in [-0.05, 0) is 49.3 Å². The zero-order valence-corrected chi connectivity index (χ0v) is 17.0. The Hall–Kier alpha value is -3.22. The van der Waals surface area contributed by atoms with Crippen LogP contribution in [0.5, 0.6) is 0 Å². The third-order valence-corrected chi connectivity index (χ3v) is 6.10. The number of esters is 1. The van der Waals surface area contributed by atoms with E-state index in [4.69, 9.17) is 4.74 Å². The number of aromatic nitrogens is 3. The lowest BCUT2D eigenvalue weighted by molar-refractivity contribution is 0.0598. The lowest BCUT2D eigenvalue weighted by atomic mass is 9.95. The molecule has 0 radical (unpaired) electrons. The van der Waals surface area contributed by atoms with Gasteiger partial charge in [-0.3, -0.25) is 4.79 Å². The minimum Gasteiger partial charge on any atom is -0.465 e. The maximum Gasteiger partial charge on any atom is 0.338 e. The minimum absolute atomic E-state index is 0.00544. The van der Waals surface area contributed by atoms with Crippen LogP contribution in [0.15, 0.2) is 42.9 Å². The van der Waals surface area contributed by atoms with Crippen LogP contribution < -0.4 is 0 Å². The first-order chi connectivity index (χ1) is 14.6. The van der Waals surface area contributed by atoms with Crippen molar-refractivity contribution in [2.45, 2.75) is 31.7 Å². The highest BCUT2D eigenvalue weighted by Gasteiger charge is 2.29. The molecule has 1 aliphatic carbocycles. The van der Waals surface area contributed by atoms with Crippen molar-refractivity contribution in [1.82, 2.24) is 19.4 Å². The molecule has 0 bridgehead atoms. The molecule has 1 aliphatic heterocycles. The molecule has 5 rings (SSSR count). The first-order valence-corrected chi connectivity index (χ1v) is 10.4. The largest absolute Gasteiger partial charge is 0.465 e. The van der Waals surface area contributed by atoms with E-state index in [-0.39, 0.29) is 11.9 Å². The molecule has 7 heteroatoms. The number of rotatable bonds is 5. The van der Waals surface area contributed by atoms with Gasteiger partial charge in [-0.15, -0.1) is 0 Å². The Bertz CT molecular complexity index is 1120. The van der Waals surface area contributed by atoms with E-state index in [0.717, 1.165) is 29.6 Å². The van der Waals surface area contributed by atoms with E-state index < -0.39 is 0 Å². The molecule has 3 aromatic rings. The Labute approximate surface area is 174 Å². The summed E-state index contributed by atoms with van der Waals surface area (Å²) in [6.07, 6.45) is 7.49. The van der Waals surface area contributed by atoms with Crippen molar-refractivity contribution < 1.29 is 14.3 Å². The molecule has 1 aromatic carbocycles. The number of imidazole rings is 1. The molecule has 154 valence electrons. The third-order valence-electron chi connectivity index (χ3n) is 6.10. The molecule has 1 saturated carbocycles. The Balaban J connectivity index is 1.28. The van der Waals surface area contributed by atoms with Gasteiger partial charge < -0.3 is 14.2 Å². The summed E-state index contributed by atoms with van der Waals surface area (Å²) in [5, 5.41) is 0. The Morgan fingerprint density at radius 1 is 1.17 bits per heavy atom. The summed E-state index contributed by atoms with van der Waals surface area (Å²) in [6.45, 7) is 1.38. The molecule has 2 aromatic heterocycles. The second kappa shape index (κ2) is 7.55. The minimum atomic E-state index is -0.318. The average molecular weight is 404 g/mol. The molecule has 0 N–H and O–H groups in total. The van der Waals surface area contributed by atoms with Crippen LogP contribution in [0.4, 0.5) is 0 Å². The van der Waals surface area contributed by atoms with Crippen LogP contribution in [-0.2, 0) is 11.2 Å². The van der Waals surface area contributed by atoms with Gasteiger partial charge in [0.05, 0.1) is 24.6 Å². The topological polar surface area (TPSA) is 77.3 Å². The number of ether oxygens (including phenoxy) is 1. The van der Waals surface area contributed by atoms with E-state index in [1.54, 1.807) is 12.3 Å². The van der Waals surface area contributed by atoms with Crippen LogP contribution in [0.3, 0.4) is 0 Å². The smallest absolute Gasteiger partial charge is 0.338 e. The van der Waals surface area contributed by atoms with Crippen molar-refractivity contribution in [2.75, 3.05) is 20.2 Å². The molecule has 0 spiro atoms. The van der Waals surface area contributed by atoms with E-state index in [9.17, 15) is 9.59 Å². The standard InChI is InChI=1S/C23H24N4O3/c1-30-23(29)19-5-3-2-4-16(19)10-15-8-9-26(13-15)22(28)17-11-20-21(24-12-17)27(14-25-20)18-6-7-18/h2-5,11-12,14-15,18H,6-10,13H2,1H3. The van der Waals surface area contributed by atoms with E-state index in [1.807, 2.05) is 35.5 Å². The maximum atomic E-state index is 13.0. The summed E-state index contributed by atoms with van der Waals surface area (Å²) < 4.78 is 7.00. The molecular formula is C23H24N4O3. The Morgan fingerprint density at radius 3 is 2.80 bits per heavy atom. The SMILES string of the molecule is COC(=O)c1ccccc1CC1CCN(C(=O)c2cnc3c(c2)ncn3C2CC2)C1. The number of hydrogen-bond acceptors (Lipinski definition) is 5. The number of carbonyl (C=O) groups excluding carboxylic acids is 2. The van der Waals surface area contributed by atoms with E-state index in [0.29, 0.717) is 36.2 Å². The highest BCUT2D eigenvalue weighted by molar-refractivity contribution is 5.96. The lowest BCUT2D eigenvalue weighted by Gasteiger charge is -2.17. The molecule has 7 nitrogen and oxygen atoms in total. The number of benzene rings is 1. The first kappa shape index (κ1) is 18.8. The van der Waals surface area contributed by atoms with Crippen LogP contribution in [0.1, 0.15) is 51.6 Å². The molecular weight excluding hydrogens is 380 g/mol. The molecule has 1 amide bonds. The summed E-state index contributed by atoms with van der Waals surface area (Å²) in [5.41, 5.74) is 3.78. The fourth-order valence-electron chi connectivity index (χ4n) is 4.34. The monoisotopic (exact) mass is 404 g/mol. The second-order valence-corrected chi connectivity index (χ2v) is 8.21. The zero-order valence-electron chi connectivity index (χ0n) is 17.0. The summed E-state index contributed by atoms with van der Waals surface area (Å²) in [5.74, 6) is -0.0128. The van der Waals surface area contributed by atoms with E-state index in [1.165, 1.54) is 20.0 Å². The van der Waals surface area contributed by atoms with Crippen molar-refractivity contribution in [3.05, 3.63) is 59.5 Å². The third kappa shape index (κ3) is 3.44. The Morgan fingerprint density at radius 2 is 2.00 bits per heavy atom. The van der Waals surface area contributed by atoms with Crippen molar-refractivity contribution in [3.8, 4) is 0 Å². The number of likely N-dealkylation sites (tertiary alicyclic amines) is 1. The van der Waals surface area contributed by atoms with Crippen LogP contribution >= 0.6 is 0 Å². The van der Waals surface area contributed by atoms with Crippen LogP contribution in [0, 0.1) is 5.92 Å². The van der Waals surface area contributed by atoms with E-state index >= 15 is 0 Å². The van der Waals surface area contributed by atoms with Crippen LogP contribution in [0.2, 0.25) is 0 Å². The number of amides is 1. The molecule has 3 heterocycles. The normalized spacial score (nSPS) is 18.7. The summed E-state index contributed by atoms with van der Waals surface area (Å²) in [6, 6.07) is 9.89. The Kier molecular flexibility index (Phi) is 4.73. The van der Waals surface area contributed by atoms with Crippen molar-refractivity contribution in [3.63, 3.8) is 0 Å². The van der Waals surface area contributed by atoms with Crippen LogP contribution in [0.25, 0.3) is 11.2 Å². The predicted octanol–water partition coefficient (Wildman–Crippen LogP) is 3.26. The van der Waals surface area contributed by atoms with Gasteiger partial charge in [-0.1, -0.05) is 18.2 Å². The van der Waals surface area contributed by atoms with Gasteiger partial charge in [0.25, 0.3) is 5.91 Å². The maximum absolute atomic E-state index is 13.0. The first-order valence-electron chi connectivity index (χ1n) is 10.4. The predicted molar refractivity (Wildman–Crippen MR) is 111 cm³/mol. The van der Waals surface area contributed by atoms with E-state index in [2.05, 4.69) is 14.5 Å². The van der Waals surface area contributed by atoms with Gasteiger partial charge in [0.1, 0.15) is 5.52 Å². The number of fused-ring (bicyclic) bond motifs is 1. The number of methoxy groups -OCH3 is 1. The number of carbonyl (C=O) groups is 2. The quantitative estimate of drug-likeness (QED) is 0.610. The van der Waals surface area contributed by atoms with Gasteiger partial charge in [0.15, 0.2) is 5.65 Å². The number of hydrogen-bond donors (Lipinski definition) is 0. The molecule has 2 aliphatic rings. The van der Waals surface area contributed by atoms with Crippen molar-refractivity contribution in [2.24, 2.45) is 5.92 Å². The van der Waals surface area contributed by atoms with Crippen LogP contribution in [-0.4, -0.2) is 51.5 Å². The number of pyridine rings is 1. The summed E-state index contributed by atoms with van der Waals surface area (Å²) in [7, 11) is 1.40. The summed E-state index contributed by atoms with van der Waals surface area (Å²) in [4.78, 5) is 35.9. The van der Waals surface area contributed by atoms with Crippen molar-refractivity contribution in [1.29, 1.82) is 0 Å². The fourth-order valence-corrected chi connectivity index (χ4v) is 4.34. The van der Waals surface area contributed by atoms with Gasteiger partial charge in [-0.25, -0.2) is 14.8 Å². The molecule has 1 unspecified atom stereocenters. The zero-order chi connectivity index (χ0) is 20.7. The lowest BCUT2D eigenvalue weighted by Crippen LogP contribution is -2.29. The van der Waals surface area contributed by atoms with Gasteiger partial charge >= 0.3 is 5.97 Å². The fraction of sp³-hybridized carbons (Fsp3) is 0.391. The summed E-state index contributed by atoms with van der Waals surface area (Å²) >= 11 is 0. The van der Waals surface area contributed by atoms with Gasteiger partial charge in [-0.2, -0.15) is 0 Å².